The maximum atomic E-state index is 8.21. The van der Waals surface area contributed by atoms with Crippen molar-refractivity contribution >= 4 is 34.3 Å². The van der Waals surface area contributed by atoms with E-state index in [-0.39, 0.29) is 5.50 Å². The first-order chi connectivity index (χ1) is 7.77. The number of halogens is 1. The van der Waals surface area contributed by atoms with Crippen molar-refractivity contribution in [3.63, 3.8) is 0 Å². The van der Waals surface area contributed by atoms with E-state index in [0.717, 1.165) is 21.7 Å². The Morgan fingerprint density at radius 1 is 1.19 bits per heavy atom. The topological polar surface area (TPSA) is 35.9 Å². The molecular weight excluding hydrogens is 240 g/mol. The minimum atomic E-state index is -0.251. The smallest absolute Gasteiger partial charge is 0.137 e. The van der Waals surface area contributed by atoms with Gasteiger partial charge in [0.25, 0.3) is 0 Å². The third-order valence-corrected chi connectivity index (χ3v) is 4.11. The van der Waals surface area contributed by atoms with Crippen LogP contribution in [0, 0.1) is 5.41 Å². The fraction of sp³-hybridized carbons (Fsp3) is 0.0833. The molecule has 0 bridgehead atoms. The van der Waals surface area contributed by atoms with Crippen molar-refractivity contribution in [2.24, 2.45) is 0 Å². The fourth-order valence-electron chi connectivity index (χ4n) is 1.90. The summed E-state index contributed by atoms with van der Waals surface area (Å²) < 4.78 is 0. The third-order valence-electron chi connectivity index (χ3n) is 2.67. The molecule has 3 rings (SSSR count). The molecule has 1 unspecified atom stereocenters. The van der Waals surface area contributed by atoms with Gasteiger partial charge in [-0.05, 0) is 17.5 Å². The molecule has 80 valence electrons. The number of rotatable bonds is 0. The van der Waals surface area contributed by atoms with Gasteiger partial charge in [0.15, 0.2) is 0 Å². The summed E-state index contributed by atoms with van der Waals surface area (Å²) in [4.78, 5) is 1.02. The van der Waals surface area contributed by atoms with E-state index in [2.05, 4.69) is 5.32 Å². The zero-order valence-corrected chi connectivity index (χ0v) is 9.90. The summed E-state index contributed by atoms with van der Waals surface area (Å²) >= 11 is 7.87. The lowest BCUT2D eigenvalue weighted by Gasteiger charge is -2.10. The van der Waals surface area contributed by atoms with Gasteiger partial charge in [0.05, 0.1) is 10.6 Å². The average molecular weight is 249 g/mol. The Morgan fingerprint density at radius 2 is 2.00 bits per heavy atom. The minimum absolute atomic E-state index is 0.251. The van der Waals surface area contributed by atoms with Crippen molar-refractivity contribution in [1.82, 2.24) is 0 Å². The van der Waals surface area contributed by atoms with Crippen LogP contribution in [0.4, 0.5) is 5.69 Å². The van der Waals surface area contributed by atoms with Crippen molar-refractivity contribution in [3.8, 4) is 0 Å². The molecule has 0 saturated carbocycles. The van der Waals surface area contributed by atoms with E-state index >= 15 is 0 Å². The molecule has 0 amide bonds. The Morgan fingerprint density at radius 3 is 2.88 bits per heavy atom. The molecule has 0 spiro atoms. The standard InChI is InChI=1S/C12H9ClN2S/c13-12-11-8(5-6-16-11)10(14)7-3-1-2-4-9(7)15-12/h1-6,12,14-15H. The number of hydrogen-bond acceptors (Lipinski definition) is 3. The highest BCUT2D eigenvalue weighted by molar-refractivity contribution is 7.10. The van der Waals surface area contributed by atoms with Gasteiger partial charge in [0, 0.05) is 16.8 Å². The van der Waals surface area contributed by atoms with Crippen molar-refractivity contribution in [1.29, 1.82) is 5.41 Å². The van der Waals surface area contributed by atoms with Crippen LogP contribution in [0.2, 0.25) is 0 Å². The Hall–Kier alpha value is -1.32. The van der Waals surface area contributed by atoms with Crippen LogP contribution in [-0.2, 0) is 0 Å². The lowest BCUT2D eigenvalue weighted by atomic mass is 10.0. The molecule has 2 heterocycles. The van der Waals surface area contributed by atoms with E-state index in [1.165, 1.54) is 0 Å². The average Bonchev–Trinajstić information content (AvgIpc) is 2.74. The number of thiophene rings is 1. The minimum Gasteiger partial charge on any atom is -0.364 e. The second-order valence-corrected chi connectivity index (χ2v) is 5.01. The monoisotopic (exact) mass is 248 g/mol. The van der Waals surface area contributed by atoms with E-state index in [1.54, 1.807) is 11.3 Å². The molecule has 2 aromatic rings. The van der Waals surface area contributed by atoms with Crippen LogP contribution in [0.25, 0.3) is 0 Å². The summed E-state index contributed by atoms with van der Waals surface area (Å²) in [7, 11) is 0. The lowest BCUT2D eigenvalue weighted by Crippen LogP contribution is -2.01. The van der Waals surface area contributed by atoms with Crippen LogP contribution in [0.3, 0.4) is 0 Å². The largest absolute Gasteiger partial charge is 0.364 e. The zero-order chi connectivity index (χ0) is 11.1. The van der Waals surface area contributed by atoms with Crippen molar-refractivity contribution in [2.45, 2.75) is 5.50 Å². The SMILES string of the molecule is N=C1c2ccccc2NC(Cl)c2sccc21. The number of hydrogen-bond donors (Lipinski definition) is 2. The summed E-state index contributed by atoms with van der Waals surface area (Å²) in [5.74, 6) is 0. The van der Waals surface area contributed by atoms with E-state index in [9.17, 15) is 0 Å². The van der Waals surface area contributed by atoms with Crippen molar-refractivity contribution in [2.75, 3.05) is 5.32 Å². The van der Waals surface area contributed by atoms with Gasteiger partial charge in [-0.25, -0.2) is 0 Å². The van der Waals surface area contributed by atoms with Crippen LogP contribution < -0.4 is 5.32 Å². The predicted molar refractivity (Wildman–Crippen MR) is 68.9 cm³/mol. The first-order valence-electron chi connectivity index (χ1n) is 4.93. The first-order valence-corrected chi connectivity index (χ1v) is 6.25. The van der Waals surface area contributed by atoms with E-state index in [0.29, 0.717) is 5.71 Å². The van der Waals surface area contributed by atoms with Crippen LogP contribution in [0.15, 0.2) is 35.7 Å². The zero-order valence-electron chi connectivity index (χ0n) is 8.33. The second-order valence-electron chi connectivity index (χ2n) is 3.63. The molecule has 1 atom stereocenters. The van der Waals surface area contributed by atoms with Gasteiger partial charge in [-0.2, -0.15) is 0 Å². The molecular formula is C12H9ClN2S. The lowest BCUT2D eigenvalue weighted by molar-refractivity contribution is 1.14. The Labute approximate surface area is 102 Å². The summed E-state index contributed by atoms with van der Waals surface area (Å²) in [6.07, 6.45) is 0. The van der Waals surface area contributed by atoms with Gasteiger partial charge >= 0.3 is 0 Å². The van der Waals surface area contributed by atoms with Gasteiger partial charge in [-0.1, -0.05) is 29.8 Å². The highest BCUT2D eigenvalue weighted by Gasteiger charge is 2.23. The third kappa shape index (κ3) is 1.36. The first kappa shape index (κ1) is 9.87. The Bertz CT molecular complexity index is 562. The molecule has 0 saturated heterocycles. The quantitative estimate of drug-likeness (QED) is 0.540. The molecule has 2 N–H and O–H groups in total. The summed E-state index contributed by atoms with van der Waals surface area (Å²) in [5, 5.41) is 13.4. The number of fused-ring (bicyclic) bond motifs is 2. The number of alkyl halides is 1. The van der Waals surface area contributed by atoms with E-state index in [4.69, 9.17) is 17.0 Å². The Kier molecular flexibility index (Phi) is 2.23. The van der Waals surface area contributed by atoms with Gasteiger partial charge in [0.1, 0.15) is 5.50 Å². The fourth-order valence-corrected chi connectivity index (χ4v) is 3.11. The molecule has 1 aromatic heterocycles. The number of para-hydroxylation sites is 1. The van der Waals surface area contributed by atoms with Gasteiger partial charge in [-0.15, -0.1) is 11.3 Å². The van der Waals surface area contributed by atoms with Gasteiger partial charge in [-0.3, -0.25) is 5.41 Å². The molecule has 0 fully saturated rings. The second kappa shape index (κ2) is 3.61. The summed E-state index contributed by atoms with van der Waals surface area (Å²) in [6, 6.07) is 9.75. The molecule has 0 radical (unpaired) electrons. The normalized spacial score (nSPS) is 18.3. The van der Waals surface area contributed by atoms with Crippen molar-refractivity contribution < 1.29 is 0 Å². The number of nitrogens with one attached hydrogen (secondary N) is 2. The maximum Gasteiger partial charge on any atom is 0.137 e. The molecule has 4 heteroatoms. The maximum absolute atomic E-state index is 8.21. The highest BCUT2D eigenvalue weighted by atomic mass is 35.5. The molecule has 2 nitrogen and oxygen atoms in total. The summed E-state index contributed by atoms with van der Waals surface area (Å²) in [5.41, 5.74) is 3.06. The van der Waals surface area contributed by atoms with Crippen LogP contribution in [0.1, 0.15) is 21.5 Å². The molecule has 16 heavy (non-hydrogen) atoms. The summed E-state index contributed by atoms with van der Waals surface area (Å²) in [6.45, 7) is 0. The van der Waals surface area contributed by atoms with E-state index < -0.39 is 0 Å². The molecule has 0 aliphatic carbocycles. The Balaban J connectivity index is 2.25. The van der Waals surface area contributed by atoms with Crippen LogP contribution in [0.5, 0.6) is 0 Å². The predicted octanol–water partition coefficient (Wildman–Crippen LogP) is 3.83. The van der Waals surface area contributed by atoms with Crippen LogP contribution in [-0.4, -0.2) is 5.71 Å². The molecule has 1 aliphatic heterocycles. The molecule has 1 aliphatic rings. The van der Waals surface area contributed by atoms with Crippen LogP contribution >= 0.6 is 22.9 Å². The van der Waals surface area contributed by atoms with Crippen molar-refractivity contribution in [3.05, 3.63) is 51.7 Å². The van der Waals surface area contributed by atoms with Gasteiger partial charge in [0.2, 0.25) is 0 Å². The van der Waals surface area contributed by atoms with Gasteiger partial charge < -0.3 is 5.32 Å². The van der Waals surface area contributed by atoms with E-state index in [1.807, 2.05) is 35.7 Å². The number of anilines is 1. The molecule has 1 aromatic carbocycles. The highest BCUT2D eigenvalue weighted by Crippen LogP contribution is 2.36. The number of benzene rings is 1.